The molecule has 0 aliphatic carbocycles. The van der Waals surface area contributed by atoms with E-state index in [-0.39, 0.29) is 6.54 Å². The van der Waals surface area contributed by atoms with Crippen LogP contribution in [0, 0.1) is 19.7 Å². The molecule has 0 saturated carbocycles. The van der Waals surface area contributed by atoms with Crippen LogP contribution >= 0.6 is 0 Å². The van der Waals surface area contributed by atoms with Crippen molar-refractivity contribution < 1.29 is 12.8 Å². The fourth-order valence-corrected chi connectivity index (χ4v) is 3.12. The van der Waals surface area contributed by atoms with E-state index in [2.05, 4.69) is 9.71 Å². The Hall–Kier alpha value is -1.99. The number of nitrogens with one attached hydrogen (secondary N) is 1. The van der Waals surface area contributed by atoms with Crippen molar-refractivity contribution >= 4 is 15.7 Å². The number of benzene rings is 1. The molecule has 21 heavy (non-hydrogen) atoms. The largest absolute Gasteiger partial charge is 0.326 e. The minimum absolute atomic E-state index is 0.133. The number of aryl methyl sites for hydroxylation is 2. The minimum atomic E-state index is -4.03. The van der Waals surface area contributed by atoms with E-state index in [4.69, 9.17) is 5.73 Å². The van der Waals surface area contributed by atoms with Crippen LogP contribution in [-0.4, -0.2) is 13.4 Å². The molecule has 1 aromatic carbocycles. The number of anilines is 1. The molecule has 0 spiro atoms. The summed E-state index contributed by atoms with van der Waals surface area (Å²) in [5.41, 5.74) is 7.61. The first-order valence-corrected chi connectivity index (χ1v) is 7.77. The first-order chi connectivity index (χ1) is 9.83. The van der Waals surface area contributed by atoms with Gasteiger partial charge < -0.3 is 5.73 Å². The number of aromatic nitrogens is 1. The molecule has 1 aromatic heterocycles. The van der Waals surface area contributed by atoms with E-state index in [0.717, 1.165) is 11.8 Å². The van der Waals surface area contributed by atoms with Crippen molar-refractivity contribution in [3.63, 3.8) is 0 Å². The summed E-state index contributed by atoms with van der Waals surface area (Å²) in [4.78, 5) is 3.74. The van der Waals surface area contributed by atoms with Gasteiger partial charge in [-0.3, -0.25) is 9.71 Å². The highest BCUT2D eigenvalue weighted by molar-refractivity contribution is 7.92. The number of nitrogens with zero attached hydrogens (tertiary/aromatic N) is 1. The minimum Gasteiger partial charge on any atom is -0.326 e. The average molecular weight is 309 g/mol. The summed E-state index contributed by atoms with van der Waals surface area (Å²) in [6, 6.07) is 7.05. The summed E-state index contributed by atoms with van der Waals surface area (Å²) in [5, 5.41) is 0. The van der Waals surface area contributed by atoms with Gasteiger partial charge in [0.05, 0.1) is 11.4 Å². The molecule has 1 heterocycles. The number of halogens is 1. The van der Waals surface area contributed by atoms with Gasteiger partial charge in [-0.05, 0) is 43.7 Å². The van der Waals surface area contributed by atoms with Crippen LogP contribution in [0.3, 0.4) is 0 Å². The number of hydrogen-bond donors (Lipinski definition) is 2. The summed E-state index contributed by atoms with van der Waals surface area (Å²) in [6.07, 6.45) is 0. The molecule has 2 aromatic rings. The molecule has 0 aliphatic rings. The molecule has 0 aliphatic heterocycles. The van der Waals surface area contributed by atoms with E-state index < -0.39 is 20.7 Å². The van der Waals surface area contributed by atoms with E-state index in [0.29, 0.717) is 16.9 Å². The lowest BCUT2D eigenvalue weighted by Crippen LogP contribution is -2.16. The standard InChI is InChI=1S/C14H16FN3O2S/c1-9-3-6-13(10(2)17-9)18-21(19,20)14-7-11(8-16)4-5-12(14)15/h3-7,18H,8,16H2,1-2H3. The number of hydrogen-bond acceptors (Lipinski definition) is 4. The first-order valence-electron chi connectivity index (χ1n) is 6.29. The molecule has 0 radical (unpaired) electrons. The van der Waals surface area contributed by atoms with Crippen LogP contribution in [0.2, 0.25) is 0 Å². The lowest BCUT2D eigenvalue weighted by molar-refractivity contribution is 0.569. The van der Waals surface area contributed by atoms with Crippen LogP contribution in [0.5, 0.6) is 0 Å². The number of pyridine rings is 1. The molecule has 0 unspecified atom stereocenters. The van der Waals surface area contributed by atoms with Gasteiger partial charge in [0.25, 0.3) is 10.0 Å². The quantitative estimate of drug-likeness (QED) is 0.905. The molecule has 0 atom stereocenters. The fraction of sp³-hybridized carbons (Fsp3) is 0.214. The van der Waals surface area contributed by atoms with Crippen LogP contribution in [0.4, 0.5) is 10.1 Å². The third kappa shape index (κ3) is 3.37. The zero-order valence-electron chi connectivity index (χ0n) is 11.7. The molecule has 2 rings (SSSR count). The van der Waals surface area contributed by atoms with Crippen LogP contribution in [0.15, 0.2) is 35.2 Å². The highest BCUT2D eigenvalue weighted by atomic mass is 32.2. The molecular weight excluding hydrogens is 293 g/mol. The third-order valence-corrected chi connectivity index (χ3v) is 4.37. The van der Waals surface area contributed by atoms with Crippen LogP contribution in [0.1, 0.15) is 17.0 Å². The Bertz CT molecular complexity index is 776. The highest BCUT2D eigenvalue weighted by Crippen LogP contribution is 2.21. The zero-order chi connectivity index (χ0) is 15.6. The Balaban J connectivity index is 2.43. The van der Waals surface area contributed by atoms with Gasteiger partial charge in [0, 0.05) is 12.2 Å². The maximum Gasteiger partial charge on any atom is 0.264 e. The monoisotopic (exact) mass is 309 g/mol. The van der Waals surface area contributed by atoms with Gasteiger partial charge in [-0.15, -0.1) is 0 Å². The maximum atomic E-state index is 13.8. The number of sulfonamides is 1. The molecule has 0 bridgehead atoms. The lowest BCUT2D eigenvalue weighted by Gasteiger charge is -2.12. The first kappa shape index (κ1) is 15.4. The molecule has 0 saturated heterocycles. The van der Waals surface area contributed by atoms with Crippen molar-refractivity contribution in [2.75, 3.05) is 4.72 Å². The van der Waals surface area contributed by atoms with Gasteiger partial charge in [0.15, 0.2) is 0 Å². The lowest BCUT2D eigenvalue weighted by atomic mass is 10.2. The predicted molar refractivity (Wildman–Crippen MR) is 78.8 cm³/mol. The zero-order valence-corrected chi connectivity index (χ0v) is 12.5. The third-order valence-electron chi connectivity index (χ3n) is 2.99. The molecule has 3 N–H and O–H groups in total. The Morgan fingerprint density at radius 3 is 2.57 bits per heavy atom. The SMILES string of the molecule is Cc1ccc(NS(=O)(=O)c2cc(CN)ccc2F)c(C)n1. The normalized spacial score (nSPS) is 11.4. The maximum absolute atomic E-state index is 13.8. The summed E-state index contributed by atoms with van der Waals surface area (Å²) in [6.45, 7) is 3.61. The van der Waals surface area contributed by atoms with Crippen molar-refractivity contribution in [3.8, 4) is 0 Å². The second kappa shape index (κ2) is 5.79. The second-order valence-electron chi connectivity index (χ2n) is 4.66. The van der Waals surface area contributed by atoms with Crippen molar-refractivity contribution in [1.82, 2.24) is 4.98 Å². The van der Waals surface area contributed by atoms with E-state index >= 15 is 0 Å². The van der Waals surface area contributed by atoms with E-state index in [1.165, 1.54) is 12.1 Å². The van der Waals surface area contributed by atoms with Gasteiger partial charge in [-0.1, -0.05) is 6.07 Å². The Kier molecular flexibility index (Phi) is 4.24. The van der Waals surface area contributed by atoms with Crippen molar-refractivity contribution in [2.24, 2.45) is 5.73 Å². The summed E-state index contributed by atoms with van der Waals surface area (Å²) >= 11 is 0. The number of rotatable bonds is 4. The van der Waals surface area contributed by atoms with Gasteiger partial charge in [0.2, 0.25) is 0 Å². The van der Waals surface area contributed by atoms with Gasteiger partial charge in [-0.2, -0.15) is 0 Å². The second-order valence-corrected chi connectivity index (χ2v) is 6.31. The fourth-order valence-electron chi connectivity index (χ4n) is 1.87. The smallest absolute Gasteiger partial charge is 0.264 e. The summed E-state index contributed by atoms with van der Waals surface area (Å²) in [7, 11) is -4.03. The molecule has 5 nitrogen and oxygen atoms in total. The molecule has 112 valence electrons. The van der Waals surface area contributed by atoms with E-state index in [1.54, 1.807) is 26.0 Å². The molecular formula is C14H16FN3O2S. The molecule has 0 fully saturated rings. The van der Waals surface area contributed by atoms with Crippen molar-refractivity contribution in [3.05, 3.63) is 53.1 Å². The van der Waals surface area contributed by atoms with Crippen LogP contribution in [0.25, 0.3) is 0 Å². The van der Waals surface area contributed by atoms with Gasteiger partial charge in [0.1, 0.15) is 10.7 Å². The Labute approximate surface area is 123 Å². The van der Waals surface area contributed by atoms with Crippen LogP contribution in [-0.2, 0) is 16.6 Å². The number of nitrogens with two attached hydrogens (primary N) is 1. The Morgan fingerprint density at radius 1 is 1.24 bits per heavy atom. The van der Waals surface area contributed by atoms with Crippen LogP contribution < -0.4 is 10.5 Å². The van der Waals surface area contributed by atoms with Crippen molar-refractivity contribution in [1.29, 1.82) is 0 Å². The Morgan fingerprint density at radius 2 is 1.95 bits per heavy atom. The van der Waals surface area contributed by atoms with Crippen molar-refractivity contribution in [2.45, 2.75) is 25.3 Å². The molecule has 0 amide bonds. The predicted octanol–water partition coefficient (Wildman–Crippen LogP) is 2.10. The van der Waals surface area contributed by atoms with Gasteiger partial charge >= 0.3 is 0 Å². The summed E-state index contributed by atoms with van der Waals surface area (Å²) in [5.74, 6) is -0.822. The topological polar surface area (TPSA) is 85.1 Å². The molecule has 7 heteroatoms. The highest BCUT2D eigenvalue weighted by Gasteiger charge is 2.20. The van der Waals surface area contributed by atoms with E-state index in [1.807, 2.05) is 0 Å². The van der Waals surface area contributed by atoms with E-state index in [9.17, 15) is 12.8 Å². The summed E-state index contributed by atoms with van der Waals surface area (Å²) < 4.78 is 40.8. The average Bonchev–Trinajstić information content (AvgIpc) is 2.42. The van der Waals surface area contributed by atoms with Gasteiger partial charge in [-0.25, -0.2) is 12.8 Å².